The lowest BCUT2D eigenvalue weighted by Gasteiger charge is -2.26. The van der Waals surface area contributed by atoms with Gasteiger partial charge in [0.2, 0.25) is 0 Å². The summed E-state index contributed by atoms with van der Waals surface area (Å²) in [6.07, 6.45) is 4.85. The number of fused-ring (bicyclic) bond motifs is 2. The maximum absolute atomic E-state index is 13.0. The zero-order valence-electron chi connectivity index (χ0n) is 17.2. The second-order valence-corrected chi connectivity index (χ2v) is 9.47. The largest absolute Gasteiger partial charge is 0.345 e. The zero-order chi connectivity index (χ0) is 22.1. The van der Waals surface area contributed by atoms with Gasteiger partial charge in [0, 0.05) is 15.5 Å². The molecule has 5 rings (SSSR count). The smallest absolute Gasteiger partial charge is 0.262 e. The summed E-state index contributed by atoms with van der Waals surface area (Å²) in [6.45, 7) is 0. The predicted molar refractivity (Wildman–Crippen MR) is 130 cm³/mol. The van der Waals surface area contributed by atoms with Gasteiger partial charge in [-0.15, -0.1) is 0 Å². The number of anilines is 1. The predicted octanol–water partition coefficient (Wildman–Crippen LogP) is 6.23. The number of thioether (sulfide) groups is 1. The van der Waals surface area contributed by atoms with Gasteiger partial charge in [-0.05, 0) is 72.4 Å². The number of aryl methyl sites for hydroxylation is 1. The van der Waals surface area contributed by atoms with E-state index in [1.165, 1.54) is 22.9 Å². The average molecular weight is 461 g/mol. The molecule has 1 heterocycles. The van der Waals surface area contributed by atoms with E-state index < -0.39 is 0 Å². The molecule has 0 unspecified atom stereocenters. The van der Waals surface area contributed by atoms with Gasteiger partial charge in [0.1, 0.15) is 0 Å². The van der Waals surface area contributed by atoms with Gasteiger partial charge in [0.15, 0.2) is 0 Å². The topological polar surface area (TPSA) is 58.2 Å². The van der Waals surface area contributed by atoms with E-state index in [0.717, 1.165) is 29.7 Å². The Morgan fingerprint density at radius 3 is 2.84 bits per heavy atom. The van der Waals surface area contributed by atoms with E-state index in [0.29, 0.717) is 21.2 Å². The Morgan fingerprint density at radius 2 is 1.97 bits per heavy atom. The number of halogens is 1. The van der Waals surface area contributed by atoms with E-state index in [-0.39, 0.29) is 17.9 Å². The van der Waals surface area contributed by atoms with Crippen LogP contribution in [0.1, 0.15) is 45.9 Å². The normalized spacial score (nSPS) is 18.5. The number of amides is 2. The lowest BCUT2D eigenvalue weighted by atomic mass is 9.87. The van der Waals surface area contributed by atoms with Crippen molar-refractivity contribution in [2.24, 2.45) is 0 Å². The van der Waals surface area contributed by atoms with Crippen LogP contribution >= 0.6 is 23.4 Å². The molecule has 0 radical (unpaired) electrons. The van der Waals surface area contributed by atoms with Crippen molar-refractivity contribution in [3.05, 3.63) is 98.9 Å². The van der Waals surface area contributed by atoms with Crippen LogP contribution in [0.3, 0.4) is 0 Å². The Labute approximate surface area is 196 Å². The quantitative estimate of drug-likeness (QED) is 0.455. The molecule has 2 amide bonds. The zero-order valence-corrected chi connectivity index (χ0v) is 18.8. The van der Waals surface area contributed by atoms with Crippen LogP contribution in [0, 0.1) is 0 Å². The number of benzene rings is 3. The number of hydrogen-bond donors (Lipinski definition) is 2. The molecule has 1 aliphatic heterocycles. The van der Waals surface area contributed by atoms with Crippen LogP contribution in [0.5, 0.6) is 0 Å². The van der Waals surface area contributed by atoms with E-state index in [1.54, 1.807) is 12.1 Å². The Kier molecular flexibility index (Phi) is 5.77. The van der Waals surface area contributed by atoms with Gasteiger partial charge < -0.3 is 10.6 Å². The molecule has 0 spiro atoms. The first-order valence-corrected chi connectivity index (χ1v) is 11.8. The molecule has 3 aromatic rings. The van der Waals surface area contributed by atoms with Crippen molar-refractivity contribution in [3.8, 4) is 0 Å². The SMILES string of the molecule is O=C1Nc2cc(C(=O)N[C@H]3CCCc4ccccc43)ccc2S/C1=C/c1cccc(Cl)c1. The molecule has 2 N–H and O–H groups in total. The molecule has 6 heteroatoms. The summed E-state index contributed by atoms with van der Waals surface area (Å²) >= 11 is 7.44. The van der Waals surface area contributed by atoms with Crippen LogP contribution in [0.25, 0.3) is 6.08 Å². The number of carbonyl (C=O) groups excluding carboxylic acids is 2. The lowest BCUT2D eigenvalue weighted by molar-refractivity contribution is -0.112. The monoisotopic (exact) mass is 460 g/mol. The maximum Gasteiger partial charge on any atom is 0.262 e. The third kappa shape index (κ3) is 4.31. The van der Waals surface area contributed by atoms with Crippen molar-refractivity contribution in [1.29, 1.82) is 0 Å². The van der Waals surface area contributed by atoms with Gasteiger partial charge in [-0.2, -0.15) is 0 Å². The van der Waals surface area contributed by atoms with Crippen LogP contribution in [0.15, 0.2) is 76.5 Å². The van der Waals surface area contributed by atoms with Crippen LogP contribution in [0.2, 0.25) is 5.02 Å². The maximum atomic E-state index is 13.0. The molecule has 0 saturated heterocycles. The second-order valence-electron chi connectivity index (χ2n) is 7.95. The third-order valence-corrected chi connectivity index (χ3v) is 7.09. The Balaban J connectivity index is 1.35. The van der Waals surface area contributed by atoms with Crippen molar-refractivity contribution in [2.75, 3.05) is 5.32 Å². The minimum atomic E-state index is -0.193. The molecule has 2 aliphatic rings. The Hall–Kier alpha value is -3.02. The average Bonchev–Trinajstić information content (AvgIpc) is 2.79. The van der Waals surface area contributed by atoms with Gasteiger partial charge in [0.25, 0.3) is 11.8 Å². The first-order valence-electron chi connectivity index (χ1n) is 10.6. The molecule has 32 heavy (non-hydrogen) atoms. The van der Waals surface area contributed by atoms with E-state index in [1.807, 2.05) is 48.5 Å². The first kappa shape index (κ1) is 20.9. The highest BCUT2D eigenvalue weighted by Gasteiger charge is 2.25. The van der Waals surface area contributed by atoms with Gasteiger partial charge in [0.05, 0.1) is 16.6 Å². The van der Waals surface area contributed by atoms with Crippen LogP contribution in [-0.4, -0.2) is 11.8 Å². The standard InChI is InChI=1S/C26H21ClN2O2S/c27-19-8-3-5-16(13-19)14-24-26(31)29-22-15-18(11-12-23(22)32-24)25(30)28-21-10-4-7-17-6-1-2-9-20(17)21/h1-3,5-6,8-9,11-15,21H,4,7,10H2,(H,28,30)(H,29,31)/b24-14+/t21-/m0/s1. The van der Waals surface area contributed by atoms with Crippen molar-refractivity contribution in [2.45, 2.75) is 30.2 Å². The van der Waals surface area contributed by atoms with Crippen molar-refractivity contribution >= 4 is 46.9 Å². The summed E-state index contributed by atoms with van der Waals surface area (Å²) in [5.74, 6) is -0.324. The van der Waals surface area contributed by atoms with Crippen molar-refractivity contribution < 1.29 is 9.59 Å². The Morgan fingerprint density at radius 1 is 1.09 bits per heavy atom. The molecule has 3 aromatic carbocycles. The molecule has 0 saturated carbocycles. The van der Waals surface area contributed by atoms with E-state index in [2.05, 4.69) is 22.8 Å². The number of nitrogens with one attached hydrogen (secondary N) is 2. The molecule has 160 valence electrons. The molecular weight excluding hydrogens is 440 g/mol. The van der Waals surface area contributed by atoms with Crippen LogP contribution < -0.4 is 10.6 Å². The second kappa shape index (κ2) is 8.85. The number of hydrogen-bond acceptors (Lipinski definition) is 3. The first-order chi connectivity index (χ1) is 15.6. The van der Waals surface area contributed by atoms with E-state index in [9.17, 15) is 9.59 Å². The van der Waals surface area contributed by atoms with Crippen LogP contribution in [-0.2, 0) is 11.2 Å². The van der Waals surface area contributed by atoms with Gasteiger partial charge in [-0.25, -0.2) is 0 Å². The van der Waals surface area contributed by atoms with Crippen molar-refractivity contribution in [3.63, 3.8) is 0 Å². The summed E-state index contributed by atoms with van der Waals surface area (Å²) < 4.78 is 0. The van der Waals surface area contributed by atoms with Gasteiger partial charge >= 0.3 is 0 Å². The molecule has 1 aliphatic carbocycles. The Bertz CT molecular complexity index is 1250. The molecule has 1 atom stereocenters. The molecule has 0 aromatic heterocycles. The van der Waals surface area contributed by atoms with Crippen LogP contribution in [0.4, 0.5) is 5.69 Å². The van der Waals surface area contributed by atoms with E-state index >= 15 is 0 Å². The van der Waals surface area contributed by atoms with Gasteiger partial charge in [-0.3, -0.25) is 9.59 Å². The highest BCUT2D eigenvalue weighted by molar-refractivity contribution is 8.04. The minimum Gasteiger partial charge on any atom is -0.345 e. The number of rotatable bonds is 3. The molecular formula is C26H21ClN2O2S. The summed E-state index contributed by atoms with van der Waals surface area (Å²) in [5.41, 5.74) is 4.55. The minimum absolute atomic E-state index is 0.0136. The number of carbonyl (C=O) groups is 2. The third-order valence-electron chi connectivity index (χ3n) is 5.75. The molecule has 0 fully saturated rings. The molecule has 4 nitrogen and oxygen atoms in total. The summed E-state index contributed by atoms with van der Waals surface area (Å²) in [7, 11) is 0. The van der Waals surface area contributed by atoms with Crippen molar-refractivity contribution in [1.82, 2.24) is 5.32 Å². The fourth-order valence-electron chi connectivity index (χ4n) is 4.19. The fourth-order valence-corrected chi connectivity index (χ4v) is 5.33. The summed E-state index contributed by atoms with van der Waals surface area (Å²) in [4.78, 5) is 27.1. The summed E-state index contributed by atoms with van der Waals surface area (Å²) in [6, 6.07) is 21.1. The molecule has 0 bridgehead atoms. The lowest BCUT2D eigenvalue weighted by Crippen LogP contribution is -2.31. The highest BCUT2D eigenvalue weighted by atomic mass is 35.5. The van der Waals surface area contributed by atoms with Gasteiger partial charge in [-0.1, -0.05) is 59.8 Å². The highest BCUT2D eigenvalue weighted by Crippen LogP contribution is 2.39. The fraction of sp³-hybridized carbons (Fsp3) is 0.154. The van der Waals surface area contributed by atoms with E-state index in [4.69, 9.17) is 11.6 Å². The summed E-state index contributed by atoms with van der Waals surface area (Å²) in [5, 5.41) is 6.71.